The van der Waals surface area contributed by atoms with Gasteiger partial charge in [-0.15, -0.1) is 0 Å². The summed E-state index contributed by atoms with van der Waals surface area (Å²) < 4.78 is 0. The minimum absolute atomic E-state index is 0.0692. The molecule has 0 aliphatic carbocycles. The highest BCUT2D eigenvalue weighted by Gasteiger charge is 2.07. The Balaban J connectivity index is 2.40. The Kier molecular flexibility index (Phi) is 3.06. The normalized spacial score (nSPS) is 10.6. The van der Waals surface area contributed by atoms with Gasteiger partial charge in [0.15, 0.2) is 0 Å². The molecular formula is C12H10ClNO2. The molecule has 1 heterocycles. The van der Waals surface area contributed by atoms with Crippen LogP contribution in [0.1, 0.15) is 12.0 Å². The van der Waals surface area contributed by atoms with Crippen LogP contribution >= 0.6 is 11.6 Å². The highest BCUT2D eigenvalue weighted by atomic mass is 35.5. The molecule has 1 N–H and O–H groups in total. The van der Waals surface area contributed by atoms with E-state index in [4.69, 9.17) is 16.7 Å². The summed E-state index contributed by atoms with van der Waals surface area (Å²) in [6.45, 7) is 0. The van der Waals surface area contributed by atoms with Gasteiger partial charge in [-0.05, 0) is 18.1 Å². The number of halogens is 1. The summed E-state index contributed by atoms with van der Waals surface area (Å²) in [5, 5.41) is 10.1. The first-order valence-electron chi connectivity index (χ1n) is 4.92. The van der Waals surface area contributed by atoms with Crippen LogP contribution in [0.25, 0.3) is 10.9 Å². The molecule has 0 saturated carbocycles. The van der Waals surface area contributed by atoms with Gasteiger partial charge in [-0.2, -0.15) is 0 Å². The fraction of sp³-hybridized carbons (Fsp3) is 0.167. The summed E-state index contributed by atoms with van der Waals surface area (Å²) in [4.78, 5) is 14.7. The van der Waals surface area contributed by atoms with Crippen LogP contribution in [-0.2, 0) is 11.2 Å². The second kappa shape index (κ2) is 4.49. The number of benzene rings is 1. The number of aliphatic carboxylic acids is 1. The molecule has 3 nitrogen and oxygen atoms in total. The molecule has 0 unspecified atom stereocenters. The fourth-order valence-corrected chi connectivity index (χ4v) is 1.87. The molecule has 0 fully saturated rings. The van der Waals surface area contributed by atoms with E-state index in [1.165, 1.54) is 0 Å². The third-order valence-electron chi connectivity index (χ3n) is 2.39. The lowest BCUT2D eigenvalue weighted by molar-refractivity contribution is -0.136. The highest BCUT2D eigenvalue weighted by molar-refractivity contribution is 6.36. The number of rotatable bonds is 3. The van der Waals surface area contributed by atoms with Crippen LogP contribution in [0.2, 0.25) is 5.02 Å². The Morgan fingerprint density at radius 3 is 2.88 bits per heavy atom. The zero-order valence-electron chi connectivity index (χ0n) is 8.48. The van der Waals surface area contributed by atoms with Crippen molar-refractivity contribution in [2.24, 2.45) is 0 Å². The summed E-state index contributed by atoms with van der Waals surface area (Å²) in [6, 6.07) is 7.54. The first-order valence-corrected chi connectivity index (χ1v) is 5.30. The second-order valence-electron chi connectivity index (χ2n) is 3.51. The number of para-hydroxylation sites is 1. The molecule has 2 aromatic rings. The van der Waals surface area contributed by atoms with E-state index in [9.17, 15) is 4.79 Å². The van der Waals surface area contributed by atoms with Crippen LogP contribution < -0.4 is 0 Å². The number of hydrogen-bond donors (Lipinski definition) is 1. The van der Waals surface area contributed by atoms with Crippen molar-refractivity contribution < 1.29 is 9.90 Å². The molecule has 82 valence electrons. The van der Waals surface area contributed by atoms with Gasteiger partial charge in [-0.1, -0.05) is 29.8 Å². The van der Waals surface area contributed by atoms with Gasteiger partial charge in [0, 0.05) is 18.0 Å². The minimum Gasteiger partial charge on any atom is -0.481 e. The number of pyridine rings is 1. The van der Waals surface area contributed by atoms with E-state index in [-0.39, 0.29) is 6.42 Å². The van der Waals surface area contributed by atoms with Gasteiger partial charge in [-0.25, -0.2) is 0 Å². The molecule has 0 saturated heterocycles. The number of fused-ring (bicyclic) bond motifs is 1. The molecule has 0 spiro atoms. The van der Waals surface area contributed by atoms with Gasteiger partial charge >= 0.3 is 5.97 Å². The van der Waals surface area contributed by atoms with Gasteiger partial charge in [0.2, 0.25) is 0 Å². The minimum atomic E-state index is -0.829. The molecule has 1 aromatic heterocycles. The van der Waals surface area contributed by atoms with Crippen molar-refractivity contribution in [3.63, 3.8) is 0 Å². The van der Waals surface area contributed by atoms with E-state index >= 15 is 0 Å². The maximum Gasteiger partial charge on any atom is 0.303 e. The monoisotopic (exact) mass is 235 g/mol. The molecule has 0 atom stereocenters. The zero-order chi connectivity index (χ0) is 11.5. The second-order valence-corrected chi connectivity index (χ2v) is 3.89. The van der Waals surface area contributed by atoms with Crippen molar-refractivity contribution in [2.45, 2.75) is 12.8 Å². The molecular weight excluding hydrogens is 226 g/mol. The number of hydrogen-bond acceptors (Lipinski definition) is 2. The predicted octanol–water partition coefficient (Wildman–Crippen LogP) is 2.91. The molecule has 4 heteroatoms. The molecule has 0 amide bonds. The van der Waals surface area contributed by atoms with E-state index in [0.29, 0.717) is 11.4 Å². The van der Waals surface area contributed by atoms with Gasteiger partial charge in [-0.3, -0.25) is 9.78 Å². The lowest BCUT2D eigenvalue weighted by Gasteiger charge is -2.05. The topological polar surface area (TPSA) is 50.2 Å². The predicted molar refractivity (Wildman–Crippen MR) is 62.7 cm³/mol. The standard InChI is InChI=1S/C12H10ClNO2/c13-12-8(5-6-11(15)16)7-14-10-4-2-1-3-9(10)12/h1-4,7H,5-6H2,(H,15,16). The Bertz CT molecular complexity index is 540. The number of carboxylic acid groups (broad SMARTS) is 1. The van der Waals surface area contributed by atoms with Crippen LogP contribution in [0.5, 0.6) is 0 Å². The Hall–Kier alpha value is -1.61. The van der Waals surface area contributed by atoms with Gasteiger partial charge < -0.3 is 5.11 Å². The molecule has 0 radical (unpaired) electrons. The first-order chi connectivity index (χ1) is 7.68. The lowest BCUT2D eigenvalue weighted by atomic mass is 10.1. The van der Waals surface area contributed by atoms with Gasteiger partial charge in [0.05, 0.1) is 10.5 Å². The number of aryl methyl sites for hydroxylation is 1. The van der Waals surface area contributed by atoms with Gasteiger partial charge in [0.1, 0.15) is 0 Å². The van der Waals surface area contributed by atoms with E-state index < -0.39 is 5.97 Å². The number of carboxylic acids is 1. The van der Waals surface area contributed by atoms with Crippen LogP contribution in [0.15, 0.2) is 30.5 Å². The molecule has 1 aromatic carbocycles. The lowest BCUT2D eigenvalue weighted by Crippen LogP contribution is -1.98. The fourth-order valence-electron chi connectivity index (χ4n) is 1.56. The highest BCUT2D eigenvalue weighted by Crippen LogP contribution is 2.26. The third kappa shape index (κ3) is 2.14. The Morgan fingerprint density at radius 1 is 1.38 bits per heavy atom. The average molecular weight is 236 g/mol. The molecule has 0 bridgehead atoms. The number of aromatic nitrogens is 1. The molecule has 0 aliphatic rings. The maximum atomic E-state index is 10.5. The third-order valence-corrected chi connectivity index (χ3v) is 2.84. The molecule has 16 heavy (non-hydrogen) atoms. The first kappa shape index (κ1) is 10.9. The van der Waals surface area contributed by atoms with Crippen molar-refractivity contribution in [3.05, 3.63) is 41.0 Å². The average Bonchev–Trinajstić information content (AvgIpc) is 2.28. The Morgan fingerprint density at radius 2 is 2.12 bits per heavy atom. The zero-order valence-corrected chi connectivity index (χ0v) is 9.24. The summed E-state index contributed by atoms with van der Waals surface area (Å²) in [5.74, 6) is -0.829. The smallest absolute Gasteiger partial charge is 0.303 e. The molecule has 2 rings (SSSR count). The van der Waals surface area contributed by atoms with Crippen LogP contribution in [0, 0.1) is 0 Å². The maximum absolute atomic E-state index is 10.5. The van der Waals surface area contributed by atoms with E-state index in [2.05, 4.69) is 4.98 Å². The number of carbonyl (C=O) groups is 1. The summed E-state index contributed by atoms with van der Waals surface area (Å²) in [5.41, 5.74) is 1.61. The van der Waals surface area contributed by atoms with Crippen molar-refractivity contribution >= 4 is 28.5 Å². The van der Waals surface area contributed by atoms with Gasteiger partial charge in [0.25, 0.3) is 0 Å². The number of nitrogens with zero attached hydrogens (tertiary/aromatic N) is 1. The van der Waals surface area contributed by atoms with E-state index in [1.54, 1.807) is 6.20 Å². The Labute approximate surface area is 97.7 Å². The van der Waals surface area contributed by atoms with Crippen molar-refractivity contribution in [3.8, 4) is 0 Å². The summed E-state index contributed by atoms with van der Waals surface area (Å²) in [7, 11) is 0. The van der Waals surface area contributed by atoms with Crippen molar-refractivity contribution in [2.75, 3.05) is 0 Å². The van der Waals surface area contributed by atoms with Crippen molar-refractivity contribution in [1.82, 2.24) is 4.98 Å². The van der Waals surface area contributed by atoms with Crippen LogP contribution in [-0.4, -0.2) is 16.1 Å². The van der Waals surface area contributed by atoms with E-state index in [0.717, 1.165) is 16.5 Å². The van der Waals surface area contributed by atoms with Crippen molar-refractivity contribution in [1.29, 1.82) is 0 Å². The molecule has 0 aliphatic heterocycles. The van der Waals surface area contributed by atoms with Crippen LogP contribution in [0.4, 0.5) is 0 Å². The van der Waals surface area contributed by atoms with E-state index in [1.807, 2.05) is 24.3 Å². The largest absolute Gasteiger partial charge is 0.481 e. The SMILES string of the molecule is O=C(O)CCc1cnc2ccccc2c1Cl. The van der Waals surface area contributed by atoms with Crippen LogP contribution in [0.3, 0.4) is 0 Å². The quantitative estimate of drug-likeness (QED) is 0.890. The summed E-state index contributed by atoms with van der Waals surface area (Å²) >= 11 is 6.19. The summed E-state index contributed by atoms with van der Waals surface area (Å²) in [6.07, 6.45) is 2.12.